The molecule has 0 bridgehead atoms. The number of aromatic nitrogens is 2. The van der Waals surface area contributed by atoms with Gasteiger partial charge in [-0.25, -0.2) is 9.18 Å². The highest BCUT2D eigenvalue weighted by atomic mass is 35.5. The molecule has 1 aromatic carbocycles. The van der Waals surface area contributed by atoms with Crippen LogP contribution in [0.5, 0.6) is 5.75 Å². The van der Waals surface area contributed by atoms with E-state index in [1.807, 2.05) is 41.0 Å². The van der Waals surface area contributed by atoms with Crippen molar-refractivity contribution in [1.29, 1.82) is 0 Å². The minimum Gasteiger partial charge on any atom is -0.410 e. The van der Waals surface area contributed by atoms with Gasteiger partial charge in [-0.05, 0) is 43.2 Å². The Morgan fingerprint density at radius 1 is 1.12 bits per heavy atom. The van der Waals surface area contributed by atoms with E-state index in [0.29, 0.717) is 24.5 Å². The molecule has 0 fully saturated rings. The number of carbonyl (C=O) groups is 1. The minimum absolute atomic E-state index is 0. The third-order valence-corrected chi connectivity index (χ3v) is 5.13. The summed E-state index contributed by atoms with van der Waals surface area (Å²) in [6.07, 6.45) is 10.8. The van der Waals surface area contributed by atoms with Crippen molar-refractivity contribution in [3.63, 3.8) is 0 Å². The normalized spacial score (nSPS) is 10.6. The Hall–Kier alpha value is -2.80. The van der Waals surface area contributed by atoms with Gasteiger partial charge in [-0.15, -0.1) is 12.4 Å². The lowest BCUT2D eigenvalue weighted by molar-refractivity contribution is 0.200. The summed E-state index contributed by atoms with van der Waals surface area (Å²) in [5, 5.41) is 5.59. The molecule has 6 nitrogen and oxygen atoms in total. The lowest BCUT2D eigenvalue weighted by Crippen LogP contribution is -2.30. The molecule has 0 aliphatic carbocycles. The number of amides is 1. The van der Waals surface area contributed by atoms with Crippen LogP contribution < -0.4 is 15.1 Å². The number of nitrogens with one attached hydrogen (secondary N) is 1. The molecule has 2 aromatic heterocycles. The highest BCUT2D eigenvalue weighted by Gasteiger charge is 2.15. The standard InChI is InChI=1S/C24H31FN4O2.ClH/c1-3-5-6-7-8-13-27-24(30)31-20-9-10-22-19(17-20)12-16-29(22)28(15-4-2)23-11-14-26-18-21(23)25;/h9-12,14,16-18H,3-8,13,15H2,1-2H3,(H,27,30);1H. The van der Waals surface area contributed by atoms with Crippen molar-refractivity contribution < 1.29 is 13.9 Å². The molecule has 8 heteroatoms. The van der Waals surface area contributed by atoms with E-state index >= 15 is 0 Å². The van der Waals surface area contributed by atoms with Crippen LogP contribution in [0.15, 0.2) is 48.9 Å². The first-order valence-electron chi connectivity index (χ1n) is 11.1. The van der Waals surface area contributed by atoms with Crippen molar-refractivity contribution >= 4 is 35.1 Å². The maximum absolute atomic E-state index is 14.4. The van der Waals surface area contributed by atoms with Crippen molar-refractivity contribution in [2.75, 3.05) is 18.1 Å². The van der Waals surface area contributed by atoms with Gasteiger partial charge in [0.05, 0.1) is 17.4 Å². The Labute approximate surface area is 195 Å². The summed E-state index contributed by atoms with van der Waals surface area (Å²) in [5.41, 5.74) is 1.36. The Morgan fingerprint density at radius 2 is 1.94 bits per heavy atom. The highest BCUT2D eigenvalue weighted by molar-refractivity contribution is 5.85. The summed E-state index contributed by atoms with van der Waals surface area (Å²) < 4.78 is 21.7. The van der Waals surface area contributed by atoms with E-state index < -0.39 is 6.09 Å². The number of benzene rings is 1. The molecule has 0 saturated heterocycles. The molecule has 0 saturated carbocycles. The molecule has 174 valence electrons. The van der Waals surface area contributed by atoms with Gasteiger partial charge in [0, 0.05) is 30.9 Å². The second-order valence-corrected chi connectivity index (χ2v) is 7.56. The van der Waals surface area contributed by atoms with Gasteiger partial charge in [0.2, 0.25) is 0 Å². The van der Waals surface area contributed by atoms with Gasteiger partial charge < -0.3 is 10.1 Å². The van der Waals surface area contributed by atoms with Crippen LogP contribution >= 0.6 is 12.4 Å². The molecule has 2 heterocycles. The van der Waals surface area contributed by atoms with E-state index in [4.69, 9.17) is 4.74 Å². The van der Waals surface area contributed by atoms with Crippen LogP contribution in [-0.2, 0) is 0 Å². The molecule has 3 rings (SSSR count). The van der Waals surface area contributed by atoms with Gasteiger partial charge in [-0.1, -0.05) is 39.5 Å². The van der Waals surface area contributed by atoms with Crippen molar-refractivity contribution in [2.45, 2.75) is 52.4 Å². The van der Waals surface area contributed by atoms with Crippen LogP contribution in [0.4, 0.5) is 14.9 Å². The van der Waals surface area contributed by atoms with Gasteiger partial charge in [-0.3, -0.25) is 14.7 Å². The molecule has 1 N–H and O–H groups in total. The molecule has 0 unspecified atom stereocenters. The number of carbonyl (C=O) groups excluding carboxylic acids is 1. The number of halogens is 2. The molecule has 3 aromatic rings. The fourth-order valence-corrected chi connectivity index (χ4v) is 3.58. The minimum atomic E-state index is -0.444. The Bertz CT molecular complexity index is 995. The zero-order valence-electron chi connectivity index (χ0n) is 18.7. The lowest BCUT2D eigenvalue weighted by Gasteiger charge is -2.26. The van der Waals surface area contributed by atoms with Crippen LogP contribution in [0.3, 0.4) is 0 Å². The molecular formula is C24H32ClFN4O2. The van der Waals surface area contributed by atoms with Gasteiger partial charge in [-0.2, -0.15) is 0 Å². The molecule has 0 aliphatic rings. The molecule has 1 amide bonds. The van der Waals surface area contributed by atoms with Crippen molar-refractivity contribution in [1.82, 2.24) is 15.0 Å². The number of rotatable bonds is 11. The number of nitrogens with zero attached hydrogens (tertiary/aromatic N) is 3. The predicted molar refractivity (Wildman–Crippen MR) is 129 cm³/mol. The maximum atomic E-state index is 14.4. The van der Waals surface area contributed by atoms with Crippen LogP contribution in [0.25, 0.3) is 10.9 Å². The number of anilines is 1. The fraction of sp³-hybridized carbons (Fsp3) is 0.417. The van der Waals surface area contributed by atoms with E-state index in [9.17, 15) is 9.18 Å². The predicted octanol–water partition coefficient (Wildman–Crippen LogP) is 6.34. The number of pyridine rings is 1. The van der Waals surface area contributed by atoms with Crippen molar-refractivity contribution in [2.24, 2.45) is 0 Å². The monoisotopic (exact) mass is 462 g/mol. The number of hydrogen-bond donors (Lipinski definition) is 1. The summed E-state index contributed by atoms with van der Waals surface area (Å²) in [6.45, 7) is 5.49. The molecular weight excluding hydrogens is 431 g/mol. The van der Waals surface area contributed by atoms with E-state index in [1.54, 1.807) is 18.3 Å². The largest absolute Gasteiger partial charge is 0.412 e. The Morgan fingerprint density at radius 3 is 2.69 bits per heavy atom. The summed E-state index contributed by atoms with van der Waals surface area (Å²) in [6, 6.07) is 9.05. The van der Waals surface area contributed by atoms with Crippen LogP contribution in [0.1, 0.15) is 52.4 Å². The second-order valence-electron chi connectivity index (χ2n) is 7.56. The zero-order valence-corrected chi connectivity index (χ0v) is 19.5. The van der Waals surface area contributed by atoms with Crippen LogP contribution in [0.2, 0.25) is 0 Å². The van der Waals surface area contributed by atoms with E-state index in [2.05, 4.69) is 17.2 Å². The summed E-state index contributed by atoms with van der Waals surface area (Å²) in [7, 11) is 0. The average Bonchev–Trinajstić information content (AvgIpc) is 3.18. The Kier molecular flexibility index (Phi) is 10.3. The van der Waals surface area contributed by atoms with Gasteiger partial charge in [0.25, 0.3) is 0 Å². The molecule has 32 heavy (non-hydrogen) atoms. The average molecular weight is 463 g/mol. The molecule has 0 radical (unpaired) electrons. The van der Waals surface area contributed by atoms with Crippen LogP contribution in [0, 0.1) is 5.82 Å². The summed E-state index contributed by atoms with van der Waals surface area (Å²) >= 11 is 0. The third kappa shape index (κ3) is 6.60. The number of unbranched alkanes of at least 4 members (excludes halogenated alkanes) is 4. The smallest absolute Gasteiger partial charge is 0.410 e. The van der Waals surface area contributed by atoms with Crippen LogP contribution in [-0.4, -0.2) is 28.8 Å². The summed E-state index contributed by atoms with van der Waals surface area (Å²) in [4.78, 5) is 15.9. The molecule has 0 atom stereocenters. The third-order valence-electron chi connectivity index (χ3n) is 5.13. The first-order chi connectivity index (χ1) is 15.1. The lowest BCUT2D eigenvalue weighted by atomic mass is 10.1. The first kappa shape index (κ1) is 25.5. The van der Waals surface area contributed by atoms with Gasteiger partial charge in [0.15, 0.2) is 5.82 Å². The quantitative estimate of drug-likeness (QED) is 0.338. The number of fused-ring (bicyclic) bond motifs is 1. The molecule has 0 aliphatic heterocycles. The second kappa shape index (κ2) is 12.9. The van der Waals surface area contributed by atoms with Gasteiger partial charge >= 0.3 is 6.09 Å². The SMILES string of the molecule is CCCCCCCNC(=O)Oc1ccc2c(ccn2N(CCC)c2ccncc2F)c1.Cl. The van der Waals surface area contributed by atoms with E-state index in [1.165, 1.54) is 25.5 Å². The van der Waals surface area contributed by atoms with E-state index in [0.717, 1.165) is 30.2 Å². The fourth-order valence-electron chi connectivity index (χ4n) is 3.58. The topological polar surface area (TPSA) is 59.4 Å². The zero-order chi connectivity index (χ0) is 22.1. The number of hydrogen-bond acceptors (Lipinski definition) is 4. The van der Waals surface area contributed by atoms with Crippen molar-refractivity contribution in [3.8, 4) is 5.75 Å². The number of ether oxygens (including phenoxy) is 1. The maximum Gasteiger partial charge on any atom is 0.412 e. The van der Waals surface area contributed by atoms with Crippen molar-refractivity contribution in [3.05, 3.63) is 54.7 Å². The van der Waals surface area contributed by atoms with Gasteiger partial charge in [0.1, 0.15) is 5.75 Å². The Balaban J connectivity index is 0.00000363. The molecule has 0 spiro atoms. The highest BCUT2D eigenvalue weighted by Crippen LogP contribution is 2.26. The first-order valence-corrected chi connectivity index (χ1v) is 11.1. The van der Waals surface area contributed by atoms with E-state index in [-0.39, 0.29) is 18.2 Å². The summed E-state index contributed by atoms with van der Waals surface area (Å²) in [5.74, 6) is 0.106.